The number of piperidine rings is 1. The van der Waals surface area contributed by atoms with Crippen molar-refractivity contribution in [2.75, 3.05) is 19.6 Å². The number of nitrogens with zero attached hydrogens (tertiary/aromatic N) is 3. The molecule has 2 rings (SSSR count). The molecule has 0 aliphatic carbocycles. The van der Waals surface area contributed by atoms with Gasteiger partial charge in [0.2, 0.25) is 0 Å². The molecule has 0 aromatic carbocycles. The zero-order chi connectivity index (χ0) is 15.2. The maximum atomic E-state index is 9.08. The van der Waals surface area contributed by atoms with E-state index < -0.39 is 0 Å². The van der Waals surface area contributed by atoms with Crippen molar-refractivity contribution in [2.45, 2.75) is 52.1 Å². The molecule has 1 fully saturated rings. The van der Waals surface area contributed by atoms with E-state index in [0.717, 1.165) is 12.2 Å². The molecule has 0 saturated carbocycles. The Kier molecular flexibility index (Phi) is 5.84. The highest BCUT2D eigenvalue weighted by molar-refractivity contribution is 5.34. The molecule has 0 unspecified atom stereocenters. The molecule has 1 N–H and O–H groups in total. The van der Waals surface area contributed by atoms with Crippen LogP contribution in [0.2, 0.25) is 0 Å². The molecule has 1 aliphatic rings. The Morgan fingerprint density at radius 3 is 2.67 bits per heavy atom. The number of likely N-dealkylation sites (tertiary alicyclic amines) is 1. The molecular weight excluding hydrogens is 260 g/mol. The second-order valence-electron chi connectivity index (χ2n) is 6.16. The zero-order valence-electron chi connectivity index (χ0n) is 13.7. The van der Waals surface area contributed by atoms with Crippen LogP contribution in [-0.4, -0.2) is 35.1 Å². The second-order valence-corrected chi connectivity index (χ2v) is 6.16. The normalized spacial score (nSPS) is 17.0. The van der Waals surface area contributed by atoms with E-state index in [9.17, 15) is 0 Å². The maximum absolute atomic E-state index is 9.08. The molecule has 0 bridgehead atoms. The third-order valence-electron chi connectivity index (χ3n) is 4.75. The number of hydrogen-bond donors (Lipinski definition) is 1. The van der Waals surface area contributed by atoms with Gasteiger partial charge in [-0.3, -0.25) is 0 Å². The van der Waals surface area contributed by atoms with Crippen LogP contribution < -0.4 is 5.32 Å². The highest BCUT2D eigenvalue weighted by Gasteiger charge is 2.18. The lowest BCUT2D eigenvalue weighted by Gasteiger charge is -2.32. The van der Waals surface area contributed by atoms with Gasteiger partial charge in [-0.2, -0.15) is 5.26 Å². The Balaban J connectivity index is 1.79. The third kappa shape index (κ3) is 4.09. The lowest BCUT2D eigenvalue weighted by atomic mass is 10.0. The summed E-state index contributed by atoms with van der Waals surface area (Å²) in [5.41, 5.74) is 3.19. The van der Waals surface area contributed by atoms with Crippen molar-refractivity contribution in [1.82, 2.24) is 14.8 Å². The van der Waals surface area contributed by atoms with Crippen molar-refractivity contribution in [2.24, 2.45) is 7.05 Å². The first-order valence-electron chi connectivity index (χ1n) is 8.16. The van der Waals surface area contributed by atoms with Crippen molar-refractivity contribution >= 4 is 0 Å². The van der Waals surface area contributed by atoms with Crippen LogP contribution in [0.25, 0.3) is 0 Å². The molecule has 21 heavy (non-hydrogen) atoms. The van der Waals surface area contributed by atoms with E-state index in [4.69, 9.17) is 5.26 Å². The summed E-state index contributed by atoms with van der Waals surface area (Å²) >= 11 is 0. The molecule has 2 heterocycles. The lowest BCUT2D eigenvalue weighted by molar-refractivity contribution is 0.195. The summed E-state index contributed by atoms with van der Waals surface area (Å²) in [7, 11) is 1.96. The van der Waals surface area contributed by atoms with Gasteiger partial charge in [0.05, 0.1) is 0 Å². The molecule has 0 spiro atoms. The zero-order valence-corrected chi connectivity index (χ0v) is 13.7. The van der Waals surface area contributed by atoms with Gasteiger partial charge >= 0.3 is 0 Å². The van der Waals surface area contributed by atoms with Gasteiger partial charge < -0.3 is 14.8 Å². The Morgan fingerprint density at radius 1 is 1.38 bits per heavy atom. The van der Waals surface area contributed by atoms with Gasteiger partial charge in [-0.05, 0) is 57.5 Å². The first kappa shape index (κ1) is 16.1. The van der Waals surface area contributed by atoms with Crippen molar-refractivity contribution in [3.63, 3.8) is 0 Å². The van der Waals surface area contributed by atoms with Crippen LogP contribution in [0.4, 0.5) is 0 Å². The molecule has 116 valence electrons. The number of hydrogen-bond acceptors (Lipinski definition) is 3. The number of unbranched alkanes of at least 4 members (excludes halogenated alkanes) is 1. The molecule has 1 aliphatic heterocycles. The minimum absolute atomic E-state index is 0.619. The predicted molar refractivity (Wildman–Crippen MR) is 86.1 cm³/mol. The van der Waals surface area contributed by atoms with Gasteiger partial charge in [0.25, 0.3) is 0 Å². The Morgan fingerprint density at radius 2 is 2.10 bits per heavy atom. The summed E-state index contributed by atoms with van der Waals surface area (Å²) in [5, 5.41) is 12.7. The van der Waals surface area contributed by atoms with Gasteiger partial charge in [0.1, 0.15) is 11.8 Å². The fraction of sp³-hybridized carbons (Fsp3) is 0.706. The summed E-state index contributed by atoms with van der Waals surface area (Å²) in [6.07, 6.45) is 5.08. The van der Waals surface area contributed by atoms with Gasteiger partial charge in [-0.25, -0.2) is 0 Å². The van der Waals surface area contributed by atoms with Crippen molar-refractivity contribution < 1.29 is 0 Å². The summed E-state index contributed by atoms with van der Waals surface area (Å²) in [5.74, 6) is 0. The first-order chi connectivity index (χ1) is 10.2. The van der Waals surface area contributed by atoms with E-state index in [1.165, 1.54) is 56.6 Å². The number of aromatic nitrogens is 1. The second kappa shape index (κ2) is 7.63. The fourth-order valence-corrected chi connectivity index (χ4v) is 3.05. The number of nitriles is 1. The average Bonchev–Trinajstić information content (AvgIpc) is 2.79. The Hall–Kier alpha value is -1.31. The van der Waals surface area contributed by atoms with E-state index >= 15 is 0 Å². The van der Waals surface area contributed by atoms with E-state index in [-0.39, 0.29) is 0 Å². The minimum atomic E-state index is 0.619. The molecule has 0 atom stereocenters. The van der Waals surface area contributed by atoms with Crippen LogP contribution in [0.15, 0.2) is 6.07 Å². The lowest BCUT2D eigenvalue weighted by Crippen LogP contribution is -2.42. The van der Waals surface area contributed by atoms with Crippen molar-refractivity contribution in [3.8, 4) is 6.07 Å². The van der Waals surface area contributed by atoms with Crippen LogP contribution in [0.1, 0.15) is 49.6 Å². The van der Waals surface area contributed by atoms with E-state index in [1.54, 1.807) is 0 Å². The summed E-state index contributed by atoms with van der Waals surface area (Å²) in [6, 6.07) is 4.88. The summed E-state index contributed by atoms with van der Waals surface area (Å²) < 4.78 is 1.98. The van der Waals surface area contributed by atoms with Crippen LogP contribution in [-0.2, 0) is 13.6 Å². The van der Waals surface area contributed by atoms with Crippen LogP contribution in [0.3, 0.4) is 0 Å². The largest absolute Gasteiger partial charge is 0.340 e. The van der Waals surface area contributed by atoms with E-state index in [1.807, 2.05) is 17.7 Å². The molecule has 1 aromatic heterocycles. The molecule has 0 amide bonds. The van der Waals surface area contributed by atoms with Gasteiger partial charge in [-0.15, -0.1) is 0 Å². The highest BCUT2D eigenvalue weighted by Crippen LogP contribution is 2.15. The van der Waals surface area contributed by atoms with Gasteiger partial charge in [-0.1, -0.05) is 13.3 Å². The van der Waals surface area contributed by atoms with Crippen LogP contribution in [0, 0.1) is 18.3 Å². The van der Waals surface area contributed by atoms with Crippen molar-refractivity contribution in [3.05, 3.63) is 23.0 Å². The smallest absolute Gasteiger partial charge is 0.120 e. The SMILES string of the molecule is CCCCN1CCC(NCc2cc(C#N)n(C)c2C)CC1. The molecule has 4 nitrogen and oxygen atoms in total. The van der Waals surface area contributed by atoms with Crippen LogP contribution in [0.5, 0.6) is 0 Å². The molecule has 4 heteroatoms. The van der Waals surface area contributed by atoms with Gasteiger partial charge in [0, 0.05) is 25.3 Å². The molecule has 1 aromatic rings. The standard InChI is InChI=1S/C17H28N4/c1-4-5-8-21-9-6-16(7-10-21)19-13-15-11-17(12-18)20(3)14(15)2/h11,16,19H,4-10,13H2,1-3H3. The van der Waals surface area contributed by atoms with Gasteiger partial charge in [0.15, 0.2) is 0 Å². The monoisotopic (exact) mass is 288 g/mol. The average molecular weight is 288 g/mol. The van der Waals surface area contributed by atoms with Crippen molar-refractivity contribution in [1.29, 1.82) is 5.26 Å². The summed E-state index contributed by atoms with van der Waals surface area (Å²) in [6.45, 7) is 8.91. The quantitative estimate of drug-likeness (QED) is 0.875. The highest BCUT2D eigenvalue weighted by atomic mass is 15.1. The number of rotatable bonds is 6. The Bertz CT molecular complexity index is 490. The molecular formula is C17H28N4. The fourth-order valence-electron chi connectivity index (χ4n) is 3.05. The number of nitrogens with one attached hydrogen (secondary N) is 1. The minimum Gasteiger partial charge on any atom is -0.340 e. The first-order valence-corrected chi connectivity index (χ1v) is 8.16. The topological polar surface area (TPSA) is 44.0 Å². The molecule has 1 saturated heterocycles. The summed E-state index contributed by atoms with van der Waals surface area (Å²) in [4.78, 5) is 2.59. The predicted octanol–water partition coefficient (Wildman–Crippen LogP) is 2.56. The van der Waals surface area contributed by atoms with Crippen LogP contribution >= 0.6 is 0 Å². The maximum Gasteiger partial charge on any atom is 0.120 e. The van der Waals surface area contributed by atoms with E-state index in [2.05, 4.69) is 30.1 Å². The Labute approximate surface area is 128 Å². The molecule has 0 radical (unpaired) electrons. The third-order valence-corrected chi connectivity index (χ3v) is 4.75. The van der Waals surface area contributed by atoms with E-state index in [0.29, 0.717) is 6.04 Å².